The van der Waals surface area contributed by atoms with Crippen molar-refractivity contribution in [2.45, 2.75) is 25.7 Å². The molecule has 0 radical (unpaired) electrons. The van der Waals surface area contributed by atoms with Crippen LogP contribution >= 0.6 is 0 Å². The molecule has 0 N–H and O–H groups in total. The summed E-state index contributed by atoms with van der Waals surface area (Å²) in [5.41, 5.74) is 4.12. The van der Waals surface area contributed by atoms with Gasteiger partial charge < -0.3 is 9.64 Å². The van der Waals surface area contributed by atoms with Crippen molar-refractivity contribution in [1.82, 2.24) is 4.90 Å². The van der Waals surface area contributed by atoms with Crippen molar-refractivity contribution in [1.29, 1.82) is 5.26 Å². The highest BCUT2D eigenvalue weighted by Crippen LogP contribution is 2.33. The van der Waals surface area contributed by atoms with Crippen molar-refractivity contribution in [3.63, 3.8) is 0 Å². The molecule has 1 aliphatic heterocycles. The van der Waals surface area contributed by atoms with E-state index in [0.29, 0.717) is 29.9 Å². The summed E-state index contributed by atoms with van der Waals surface area (Å²) in [4.78, 5) is 25.3. The molecule has 3 rings (SSSR count). The molecule has 1 aromatic rings. The maximum Gasteiger partial charge on any atom is 0.305 e. The van der Waals surface area contributed by atoms with Crippen LogP contribution < -0.4 is 0 Å². The van der Waals surface area contributed by atoms with Crippen molar-refractivity contribution in [3.05, 3.63) is 58.8 Å². The van der Waals surface area contributed by atoms with Crippen molar-refractivity contribution in [2.75, 3.05) is 20.2 Å². The number of methoxy groups -OCH3 is 1. The standard InChI is InChI=1S/C22H22N2O3/c1-27-22(26)12-16-8-10-24(11-9-16)20-6-7-21(19(13-20)15-25)18-4-2-17(14-23)3-5-18/h2-7,16H,8-13H2,1H3. The Morgan fingerprint density at radius 1 is 1.22 bits per heavy atom. The van der Waals surface area contributed by atoms with Gasteiger partial charge in [0.2, 0.25) is 0 Å². The first-order valence-electron chi connectivity index (χ1n) is 9.12. The van der Waals surface area contributed by atoms with Crippen LogP contribution in [-0.2, 0) is 14.3 Å². The third kappa shape index (κ3) is 4.36. The van der Waals surface area contributed by atoms with Crippen LogP contribution in [0, 0.1) is 17.2 Å². The number of hydrogen-bond acceptors (Lipinski definition) is 5. The Kier molecular flexibility index (Phi) is 5.90. The number of likely N-dealkylation sites (tertiary alicyclic amines) is 1. The van der Waals surface area contributed by atoms with Gasteiger partial charge in [0.05, 0.1) is 18.7 Å². The van der Waals surface area contributed by atoms with Gasteiger partial charge in [-0.3, -0.25) is 4.79 Å². The first kappa shape index (κ1) is 18.7. The van der Waals surface area contributed by atoms with E-state index in [0.717, 1.165) is 42.8 Å². The maximum absolute atomic E-state index is 11.5. The second kappa shape index (κ2) is 8.53. The number of carbonyl (C=O) groups is 1. The van der Waals surface area contributed by atoms with Gasteiger partial charge in [0.15, 0.2) is 0 Å². The van der Waals surface area contributed by atoms with Crippen molar-refractivity contribution in [2.24, 2.45) is 5.92 Å². The molecule has 0 aromatic heterocycles. The zero-order valence-corrected chi connectivity index (χ0v) is 15.4. The second-order valence-electron chi connectivity index (χ2n) is 6.90. The summed E-state index contributed by atoms with van der Waals surface area (Å²) >= 11 is 0. The summed E-state index contributed by atoms with van der Waals surface area (Å²) in [6.45, 7) is 1.75. The van der Waals surface area contributed by atoms with Crippen LogP contribution in [0.4, 0.5) is 0 Å². The Labute approximate surface area is 159 Å². The number of nitriles is 1. The molecule has 5 heteroatoms. The quantitative estimate of drug-likeness (QED) is 0.607. The second-order valence-corrected chi connectivity index (χ2v) is 6.90. The lowest BCUT2D eigenvalue weighted by molar-refractivity contribution is -0.142. The van der Waals surface area contributed by atoms with Crippen molar-refractivity contribution >= 4 is 17.5 Å². The van der Waals surface area contributed by atoms with Crippen LogP contribution in [0.5, 0.6) is 0 Å². The van der Waals surface area contributed by atoms with E-state index in [9.17, 15) is 9.59 Å². The molecule has 0 saturated carbocycles. The summed E-state index contributed by atoms with van der Waals surface area (Å²) in [6, 6.07) is 9.33. The number of allylic oxidation sites excluding steroid dienone is 4. The van der Waals surface area contributed by atoms with Gasteiger partial charge in [-0.1, -0.05) is 18.2 Å². The Balaban J connectivity index is 1.71. The summed E-state index contributed by atoms with van der Waals surface area (Å²) in [5, 5.41) is 8.92. The molecule has 1 saturated heterocycles. The Hall–Kier alpha value is -3.09. The van der Waals surface area contributed by atoms with E-state index >= 15 is 0 Å². The molecular weight excluding hydrogens is 340 g/mol. The molecule has 0 atom stereocenters. The van der Waals surface area contributed by atoms with Gasteiger partial charge in [-0.25, -0.2) is 4.79 Å². The van der Waals surface area contributed by atoms with Gasteiger partial charge in [-0.2, -0.15) is 5.26 Å². The summed E-state index contributed by atoms with van der Waals surface area (Å²) in [7, 11) is 1.43. The van der Waals surface area contributed by atoms with Gasteiger partial charge in [0, 0.05) is 37.2 Å². The smallest absolute Gasteiger partial charge is 0.305 e. The molecule has 0 bridgehead atoms. The van der Waals surface area contributed by atoms with E-state index in [-0.39, 0.29) is 5.97 Å². The molecule has 1 aromatic carbocycles. The average molecular weight is 362 g/mol. The first-order chi connectivity index (χ1) is 13.1. The van der Waals surface area contributed by atoms with E-state index in [1.807, 2.05) is 18.2 Å². The van der Waals surface area contributed by atoms with Crippen LogP contribution in [0.15, 0.2) is 47.7 Å². The fourth-order valence-electron chi connectivity index (χ4n) is 3.66. The largest absolute Gasteiger partial charge is 0.469 e. The van der Waals surface area contributed by atoms with Crippen molar-refractivity contribution < 1.29 is 14.3 Å². The monoisotopic (exact) mass is 362 g/mol. The maximum atomic E-state index is 11.5. The first-order valence-corrected chi connectivity index (χ1v) is 9.12. The number of rotatable bonds is 4. The number of piperidine rings is 1. The van der Waals surface area contributed by atoms with Gasteiger partial charge in [0.1, 0.15) is 5.94 Å². The Morgan fingerprint density at radius 2 is 1.93 bits per heavy atom. The lowest BCUT2D eigenvalue weighted by Crippen LogP contribution is -2.34. The van der Waals surface area contributed by atoms with E-state index in [1.165, 1.54) is 7.11 Å². The number of hydrogen-bond donors (Lipinski definition) is 0. The predicted molar refractivity (Wildman–Crippen MR) is 102 cm³/mol. The zero-order chi connectivity index (χ0) is 19.2. The van der Waals surface area contributed by atoms with E-state index in [1.54, 1.807) is 12.1 Å². The van der Waals surface area contributed by atoms with E-state index in [4.69, 9.17) is 10.00 Å². The highest BCUT2D eigenvalue weighted by atomic mass is 16.5. The van der Waals surface area contributed by atoms with Crippen LogP contribution in [0.3, 0.4) is 0 Å². The highest BCUT2D eigenvalue weighted by molar-refractivity contribution is 5.89. The number of nitrogens with zero attached hydrogens (tertiary/aromatic N) is 2. The average Bonchev–Trinajstić information content (AvgIpc) is 2.73. The minimum atomic E-state index is -0.147. The van der Waals surface area contributed by atoms with Gasteiger partial charge >= 0.3 is 5.97 Å². The summed E-state index contributed by atoms with van der Waals surface area (Å²) in [6.07, 6.45) is 6.94. The molecule has 1 heterocycles. The van der Waals surface area contributed by atoms with Crippen LogP contribution in [0.25, 0.3) is 5.57 Å². The minimum absolute atomic E-state index is 0.147. The van der Waals surface area contributed by atoms with Gasteiger partial charge in [-0.15, -0.1) is 0 Å². The van der Waals surface area contributed by atoms with Crippen LogP contribution in [-0.4, -0.2) is 37.0 Å². The molecule has 0 unspecified atom stereocenters. The predicted octanol–water partition coefficient (Wildman–Crippen LogP) is 3.26. The van der Waals surface area contributed by atoms with Crippen molar-refractivity contribution in [3.8, 4) is 6.07 Å². The fraction of sp³-hybridized carbons (Fsp3) is 0.364. The van der Waals surface area contributed by atoms with E-state index in [2.05, 4.69) is 23.0 Å². The lowest BCUT2D eigenvalue weighted by Gasteiger charge is -2.36. The van der Waals surface area contributed by atoms with Crippen LogP contribution in [0.1, 0.15) is 36.8 Å². The molecule has 0 spiro atoms. The molecule has 138 valence electrons. The lowest BCUT2D eigenvalue weighted by atomic mass is 9.89. The molecule has 2 aliphatic rings. The third-order valence-corrected chi connectivity index (χ3v) is 5.28. The Morgan fingerprint density at radius 3 is 2.52 bits per heavy atom. The SMILES string of the molecule is COC(=O)CC1CCN(C2=CC=C(c3ccc(C#N)cc3)C(=C=O)C2)CC1. The number of benzene rings is 1. The number of ether oxygens (including phenoxy) is 1. The molecule has 5 nitrogen and oxygen atoms in total. The topological polar surface area (TPSA) is 70.4 Å². The zero-order valence-electron chi connectivity index (χ0n) is 15.4. The third-order valence-electron chi connectivity index (χ3n) is 5.28. The minimum Gasteiger partial charge on any atom is -0.469 e. The van der Waals surface area contributed by atoms with Gasteiger partial charge in [0.25, 0.3) is 0 Å². The highest BCUT2D eigenvalue weighted by Gasteiger charge is 2.25. The molecule has 0 amide bonds. The number of esters is 1. The summed E-state index contributed by atoms with van der Waals surface area (Å²) in [5.74, 6) is 2.32. The molecular formula is C22H22N2O3. The van der Waals surface area contributed by atoms with Crippen LogP contribution in [0.2, 0.25) is 0 Å². The number of carbonyl (C=O) groups excluding carboxylic acids is 2. The molecule has 1 fully saturated rings. The van der Waals surface area contributed by atoms with E-state index < -0.39 is 0 Å². The van der Waals surface area contributed by atoms with Gasteiger partial charge in [-0.05, 0) is 48.1 Å². The fourth-order valence-corrected chi connectivity index (χ4v) is 3.66. The molecule has 27 heavy (non-hydrogen) atoms. The normalized spacial score (nSPS) is 17.5. The summed E-state index contributed by atoms with van der Waals surface area (Å²) < 4.78 is 4.76. The Bertz CT molecular complexity index is 860. The molecule has 1 aliphatic carbocycles.